The normalized spacial score (nSPS) is 13.0. The van der Waals surface area contributed by atoms with Crippen LogP contribution >= 0.6 is 0 Å². The molecule has 1 aromatic carbocycles. The quantitative estimate of drug-likeness (QED) is 0.771. The van der Waals surface area contributed by atoms with E-state index in [0.717, 1.165) is 18.0 Å². The lowest BCUT2D eigenvalue weighted by molar-refractivity contribution is 0.409. The first-order valence-corrected chi connectivity index (χ1v) is 6.20. The van der Waals surface area contributed by atoms with Crippen molar-refractivity contribution in [3.63, 3.8) is 0 Å². The Labute approximate surface area is 98.7 Å². The van der Waals surface area contributed by atoms with Crippen LogP contribution in [0.4, 0.5) is 0 Å². The fourth-order valence-electron chi connectivity index (χ4n) is 1.88. The molecule has 0 amide bonds. The van der Waals surface area contributed by atoms with Crippen molar-refractivity contribution in [1.29, 1.82) is 0 Å². The van der Waals surface area contributed by atoms with E-state index in [2.05, 4.69) is 26.1 Å². The second-order valence-electron chi connectivity index (χ2n) is 4.37. The molecule has 0 saturated heterocycles. The second-order valence-corrected chi connectivity index (χ2v) is 4.37. The average molecular weight is 221 g/mol. The van der Waals surface area contributed by atoms with E-state index in [1.807, 2.05) is 18.2 Å². The van der Waals surface area contributed by atoms with Crippen molar-refractivity contribution in [3.05, 3.63) is 29.8 Å². The smallest absolute Gasteiger partial charge is 0.120 e. The molecule has 0 aliphatic rings. The molecule has 0 aliphatic heterocycles. The van der Waals surface area contributed by atoms with Crippen molar-refractivity contribution in [2.75, 3.05) is 6.54 Å². The molecule has 0 heterocycles. The van der Waals surface area contributed by atoms with E-state index in [4.69, 9.17) is 0 Å². The van der Waals surface area contributed by atoms with Crippen LogP contribution in [0.25, 0.3) is 0 Å². The van der Waals surface area contributed by atoms with E-state index in [-0.39, 0.29) is 6.04 Å². The largest absolute Gasteiger partial charge is 0.508 e. The van der Waals surface area contributed by atoms with Gasteiger partial charge in [0.15, 0.2) is 0 Å². The molecule has 1 atom stereocenters. The molecular weight excluding hydrogens is 198 g/mol. The van der Waals surface area contributed by atoms with Gasteiger partial charge in [0.1, 0.15) is 5.75 Å². The topological polar surface area (TPSA) is 32.3 Å². The molecule has 0 aromatic heterocycles. The number of rotatable bonds is 6. The van der Waals surface area contributed by atoms with Gasteiger partial charge in [0, 0.05) is 11.6 Å². The lowest BCUT2D eigenvalue weighted by Gasteiger charge is -2.19. The second kappa shape index (κ2) is 6.54. The van der Waals surface area contributed by atoms with Gasteiger partial charge in [-0.25, -0.2) is 0 Å². The maximum atomic E-state index is 9.72. The summed E-state index contributed by atoms with van der Waals surface area (Å²) in [5, 5.41) is 13.2. The van der Waals surface area contributed by atoms with Crippen LogP contribution in [0.15, 0.2) is 24.3 Å². The van der Waals surface area contributed by atoms with Gasteiger partial charge < -0.3 is 10.4 Å². The molecule has 2 N–H and O–H groups in total. The van der Waals surface area contributed by atoms with Crippen molar-refractivity contribution in [2.24, 2.45) is 5.92 Å². The summed E-state index contributed by atoms with van der Waals surface area (Å²) in [6.45, 7) is 7.56. The van der Waals surface area contributed by atoms with E-state index >= 15 is 0 Å². The van der Waals surface area contributed by atoms with Crippen LogP contribution in [0.1, 0.15) is 45.2 Å². The highest BCUT2D eigenvalue weighted by molar-refractivity contribution is 5.34. The van der Waals surface area contributed by atoms with E-state index in [0.29, 0.717) is 5.75 Å². The van der Waals surface area contributed by atoms with Crippen molar-refractivity contribution in [2.45, 2.75) is 39.7 Å². The van der Waals surface area contributed by atoms with E-state index in [9.17, 15) is 5.11 Å². The predicted molar refractivity (Wildman–Crippen MR) is 68.6 cm³/mol. The number of hydrogen-bond donors (Lipinski definition) is 2. The first kappa shape index (κ1) is 13.0. The predicted octanol–water partition coefficient (Wildman–Crippen LogP) is 3.48. The molecular formula is C14H23NO. The highest BCUT2D eigenvalue weighted by Crippen LogP contribution is 2.23. The zero-order valence-electron chi connectivity index (χ0n) is 10.5. The van der Waals surface area contributed by atoms with E-state index in [1.54, 1.807) is 6.07 Å². The fourth-order valence-corrected chi connectivity index (χ4v) is 1.88. The number of para-hydroxylation sites is 1. The summed E-state index contributed by atoms with van der Waals surface area (Å²) in [4.78, 5) is 0. The lowest BCUT2D eigenvalue weighted by Crippen LogP contribution is -2.25. The third-order valence-corrected chi connectivity index (χ3v) is 3.27. The van der Waals surface area contributed by atoms with Crippen molar-refractivity contribution in [1.82, 2.24) is 5.32 Å². The van der Waals surface area contributed by atoms with Gasteiger partial charge in [-0.3, -0.25) is 0 Å². The number of hydrogen-bond acceptors (Lipinski definition) is 2. The molecule has 0 spiro atoms. The Morgan fingerprint density at radius 2 is 1.81 bits per heavy atom. The number of phenolic OH excluding ortho intramolecular Hbond substituents is 1. The standard InChI is InChI=1S/C14H23NO/c1-4-12(5-2)10-15-11(3)13-8-6-7-9-14(13)16/h6-9,11-12,15-16H,4-5,10H2,1-3H3. The first-order chi connectivity index (χ1) is 7.69. The van der Waals surface area contributed by atoms with Crippen LogP contribution in [0, 0.1) is 5.92 Å². The summed E-state index contributed by atoms with van der Waals surface area (Å²) in [6, 6.07) is 7.74. The van der Waals surface area contributed by atoms with Gasteiger partial charge in [-0.2, -0.15) is 0 Å². The third-order valence-electron chi connectivity index (χ3n) is 3.27. The van der Waals surface area contributed by atoms with E-state index in [1.165, 1.54) is 12.8 Å². The number of benzene rings is 1. The van der Waals surface area contributed by atoms with E-state index < -0.39 is 0 Å². The Balaban J connectivity index is 2.52. The minimum atomic E-state index is 0.210. The van der Waals surface area contributed by atoms with Crippen molar-refractivity contribution < 1.29 is 5.11 Å². The number of nitrogens with one attached hydrogen (secondary N) is 1. The van der Waals surface area contributed by atoms with Gasteiger partial charge >= 0.3 is 0 Å². The van der Waals surface area contributed by atoms with Crippen LogP contribution in [-0.2, 0) is 0 Å². The van der Waals surface area contributed by atoms with Crippen molar-refractivity contribution in [3.8, 4) is 5.75 Å². The maximum absolute atomic E-state index is 9.72. The molecule has 0 bridgehead atoms. The highest BCUT2D eigenvalue weighted by atomic mass is 16.3. The Morgan fingerprint density at radius 1 is 1.19 bits per heavy atom. The molecule has 2 heteroatoms. The highest BCUT2D eigenvalue weighted by Gasteiger charge is 2.10. The molecule has 0 saturated carbocycles. The summed E-state index contributed by atoms with van der Waals surface area (Å²) < 4.78 is 0. The Morgan fingerprint density at radius 3 is 2.38 bits per heavy atom. The Hall–Kier alpha value is -1.02. The van der Waals surface area contributed by atoms with Gasteiger partial charge in [0.2, 0.25) is 0 Å². The van der Waals surface area contributed by atoms with Gasteiger partial charge in [-0.15, -0.1) is 0 Å². The van der Waals surface area contributed by atoms with Crippen LogP contribution < -0.4 is 5.32 Å². The summed E-state index contributed by atoms with van der Waals surface area (Å²) in [5.74, 6) is 1.11. The first-order valence-electron chi connectivity index (χ1n) is 6.20. The van der Waals surface area contributed by atoms with Crippen LogP contribution in [0.3, 0.4) is 0 Å². The molecule has 0 fully saturated rings. The summed E-state index contributed by atoms with van der Waals surface area (Å²) in [5.41, 5.74) is 0.980. The van der Waals surface area contributed by atoms with Gasteiger partial charge in [0.25, 0.3) is 0 Å². The average Bonchev–Trinajstić information content (AvgIpc) is 2.30. The minimum absolute atomic E-state index is 0.210. The van der Waals surface area contributed by atoms with Gasteiger partial charge in [-0.1, -0.05) is 44.9 Å². The number of aromatic hydroxyl groups is 1. The molecule has 90 valence electrons. The SMILES string of the molecule is CCC(CC)CNC(C)c1ccccc1O. The maximum Gasteiger partial charge on any atom is 0.120 e. The van der Waals surface area contributed by atoms with Crippen LogP contribution in [0.5, 0.6) is 5.75 Å². The molecule has 1 rings (SSSR count). The van der Waals surface area contributed by atoms with Crippen LogP contribution in [0.2, 0.25) is 0 Å². The molecule has 0 radical (unpaired) electrons. The lowest BCUT2D eigenvalue weighted by atomic mass is 10.0. The van der Waals surface area contributed by atoms with Crippen molar-refractivity contribution >= 4 is 0 Å². The molecule has 2 nitrogen and oxygen atoms in total. The minimum Gasteiger partial charge on any atom is -0.508 e. The van der Waals surface area contributed by atoms with Gasteiger partial charge in [-0.05, 0) is 25.5 Å². The zero-order chi connectivity index (χ0) is 12.0. The molecule has 1 aromatic rings. The summed E-state index contributed by atoms with van der Waals surface area (Å²) in [7, 11) is 0. The van der Waals surface area contributed by atoms with Gasteiger partial charge in [0.05, 0.1) is 0 Å². The fraction of sp³-hybridized carbons (Fsp3) is 0.571. The Bertz CT molecular complexity index is 307. The molecule has 16 heavy (non-hydrogen) atoms. The molecule has 0 aliphatic carbocycles. The Kier molecular flexibility index (Phi) is 5.33. The summed E-state index contributed by atoms with van der Waals surface area (Å²) >= 11 is 0. The summed E-state index contributed by atoms with van der Waals surface area (Å²) in [6.07, 6.45) is 2.41. The number of phenols is 1. The third kappa shape index (κ3) is 3.53. The monoisotopic (exact) mass is 221 g/mol. The van der Waals surface area contributed by atoms with Crippen LogP contribution in [-0.4, -0.2) is 11.7 Å². The molecule has 1 unspecified atom stereocenters. The zero-order valence-corrected chi connectivity index (χ0v) is 10.5.